The largest absolute Gasteiger partial charge is 0.369 e. The zero-order valence-electron chi connectivity index (χ0n) is 16.7. The minimum atomic E-state index is -0.644. The number of fused-ring (bicyclic) bond motifs is 1. The van der Waals surface area contributed by atoms with Gasteiger partial charge < -0.3 is 4.90 Å². The highest BCUT2D eigenvalue weighted by atomic mass is 16.2. The maximum absolute atomic E-state index is 12.8. The van der Waals surface area contributed by atoms with E-state index >= 15 is 0 Å². The number of pyridine rings is 1. The van der Waals surface area contributed by atoms with Crippen molar-refractivity contribution in [1.29, 1.82) is 0 Å². The molecule has 6 heteroatoms. The van der Waals surface area contributed by atoms with Crippen molar-refractivity contribution in [2.24, 2.45) is 0 Å². The lowest BCUT2D eigenvalue weighted by Crippen LogP contribution is -2.48. The Kier molecular flexibility index (Phi) is 4.67. The molecule has 1 aromatic carbocycles. The van der Waals surface area contributed by atoms with Crippen molar-refractivity contribution in [3.8, 4) is 0 Å². The Morgan fingerprint density at radius 3 is 2.46 bits per heavy atom. The summed E-state index contributed by atoms with van der Waals surface area (Å²) in [6, 6.07) is 12.2. The molecule has 2 aliphatic rings. The van der Waals surface area contributed by atoms with Crippen LogP contribution < -0.4 is 9.80 Å². The fourth-order valence-electron chi connectivity index (χ4n) is 4.07. The monoisotopic (exact) mass is 378 g/mol. The van der Waals surface area contributed by atoms with E-state index in [0.717, 1.165) is 31.7 Å². The van der Waals surface area contributed by atoms with Crippen LogP contribution in [0, 0.1) is 0 Å². The molecule has 146 valence electrons. The maximum atomic E-state index is 12.8. The number of Topliss-reactive ketones (excluding diaryl/α,β-unsaturated/α-hetero) is 1. The van der Waals surface area contributed by atoms with Gasteiger partial charge in [0, 0.05) is 56.2 Å². The molecule has 0 saturated carbocycles. The molecule has 6 nitrogen and oxygen atoms in total. The van der Waals surface area contributed by atoms with Crippen LogP contribution in [0.5, 0.6) is 0 Å². The molecule has 3 heterocycles. The van der Waals surface area contributed by atoms with Gasteiger partial charge in [0.2, 0.25) is 5.91 Å². The first-order valence-electron chi connectivity index (χ1n) is 9.72. The van der Waals surface area contributed by atoms with E-state index in [-0.39, 0.29) is 11.7 Å². The van der Waals surface area contributed by atoms with Crippen LogP contribution in [0.4, 0.5) is 11.5 Å². The normalized spacial score (nSPS) is 19.0. The number of rotatable bonds is 4. The Morgan fingerprint density at radius 1 is 1.11 bits per heavy atom. The highest BCUT2D eigenvalue weighted by Crippen LogP contribution is 2.39. The second kappa shape index (κ2) is 7.02. The third-order valence-corrected chi connectivity index (χ3v) is 5.88. The van der Waals surface area contributed by atoms with Gasteiger partial charge in [-0.15, -0.1) is 0 Å². The van der Waals surface area contributed by atoms with E-state index in [1.165, 1.54) is 5.69 Å². The minimum absolute atomic E-state index is 0.0108. The number of hydrogen-bond acceptors (Lipinski definition) is 5. The molecule has 4 rings (SSSR count). The highest BCUT2D eigenvalue weighted by molar-refractivity contribution is 6.07. The molecule has 0 unspecified atom stereocenters. The number of nitrogens with zero attached hydrogens (tertiary/aromatic N) is 4. The first-order valence-corrected chi connectivity index (χ1v) is 9.72. The number of amides is 1. The quantitative estimate of drug-likeness (QED) is 0.765. The predicted octanol–water partition coefficient (Wildman–Crippen LogP) is 2.34. The van der Waals surface area contributed by atoms with Gasteiger partial charge in [-0.3, -0.25) is 19.4 Å². The SMILES string of the molecule is CN1C(=O)C(C)(C)c2cc(C(=O)CN3CCN(c4ccccc4)CC3)cnc21. The van der Waals surface area contributed by atoms with Crippen molar-refractivity contribution in [2.75, 3.05) is 49.6 Å². The topological polar surface area (TPSA) is 56.8 Å². The molecular weight excluding hydrogens is 352 g/mol. The lowest BCUT2D eigenvalue weighted by atomic mass is 9.86. The smallest absolute Gasteiger partial charge is 0.238 e. The van der Waals surface area contributed by atoms with Gasteiger partial charge in [-0.25, -0.2) is 4.98 Å². The van der Waals surface area contributed by atoms with E-state index in [2.05, 4.69) is 39.0 Å². The average Bonchev–Trinajstić information content (AvgIpc) is 2.89. The lowest BCUT2D eigenvalue weighted by Gasteiger charge is -2.35. The van der Waals surface area contributed by atoms with Gasteiger partial charge in [-0.05, 0) is 32.0 Å². The zero-order chi connectivity index (χ0) is 19.9. The van der Waals surface area contributed by atoms with E-state index in [0.29, 0.717) is 17.9 Å². The Hall–Kier alpha value is -2.73. The van der Waals surface area contributed by atoms with Gasteiger partial charge >= 0.3 is 0 Å². The first-order chi connectivity index (χ1) is 13.4. The van der Waals surface area contributed by atoms with Crippen LogP contribution >= 0.6 is 0 Å². The molecule has 0 spiro atoms. The van der Waals surface area contributed by atoms with Crippen molar-refractivity contribution in [3.63, 3.8) is 0 Å². The Bertz CT molecular complexity index is 902. The van der Waals surface area contributed by atoms with Crippen LogP contribution in [0.3, 0.4) is 0 Å². The third kappa shape index (κ3) is 3.18. The van der Waals surface area contributed by atoms with E-state index in [1.807, 2.05) is 26.0 Å². The summed E-state index contributed by atoms with van der Waals surface area (Å²) in [6.07, 6.45) is 1.60. The zero-order valence-corrected chi connectivity index (χ0v) is 16.7. The number of hydrogen-bond donors (Lipinski definition) is 0. The van der Waals surface area contributed by atoms with Crippen molar-refractivity contribution >= 4 is 23.2 Å². The summed E-state index contributed by atoms with van der Waals surface area (Å²) < 4.78 is 0. The summed E-state index contributed by atoms with van der Waals surface area (Å²) in [5, 5.41) is 0. The van der Waals surface area contributed by atoms with Crippen LogP contribution in [0.2, 0.25) is 0 Å². The van der Waals surface area contributed by atoms with Gasteiger partial charge in [0.05, 0.1) is 12.0 Å². The van der Waals surface area contributed by atoms with Gasteiger partial charge in [-0.2, -0.15) is 0 Å². The summed E-state index contributed by atoms with van der Waals surface area (Å²) in [6.45, 7) is 7.68. The number of aromatic nitrogens is 1. The second-order valence-electron chi connectivity index (χ2n) is 8.11. The molecule has 0 radical (unpaired) electrons. The molecule has 1 amide bonds. The van der Waals surface area contributed by atoms with Crippen LogP contribution in [0.15, 0.2) is 42.6 Å². The number of ketones is 1. The van der Waals surface area contributed by atoms with Gasteiger partial charge in [-0.1, -0.05) is 18.2 Å². The summed E-state index contributed by atoms with van der Waals surface area (Å²) in [7, 11) is 1.73. The van der Waals surface area contributed by atoms with Crippen molar-refractivity contribution in [2.45, 2.75) is 19.3 Å². The second-order valence-corrected chi connectivity index (χ2v) is 8.11. The summed E-state index contributed by atoms with van der Waals surface area (Å²) in [5.41, 5.74) is 2.00. The fraction of sp³-hybridized carbons (Fsp3) is 0.409. The van der Waals surface area contributed by atoms with Gasteiger partial charge in [0.1, 0.15) is 5.82 Å². The molecule has 1 fully saturated rings. The number of likely N-dealkylation sites (N-methyl/N-ethyl adjacent to an activating group) is 1. The minimum Gasteiger partial charge on any atom is -0.369 e. The van der Waals surface area contributed by atoms with Crippen molar-refractivity contribution in [1.82, 2.24) is 9.88 Å². The number of carbonyl (C=O) groups excluding carboxylic acids is 2. The fourth-order valence-corrected chi connectivity index (χ4v) is 4.07. The summed E-state index contributed by atoms with van der Waals surface area (Å²) in [4.78, 5) is 35.8. The Balaban J connectivity index is 1.42. The van der Waals surface area contributed by atoms with E-state index < -0.39 is 5.41 Å². The summed E-state index contributed by atoms with van der Waals surface area (Å²) >= 11 is 0. The Labute approximate surface area is 165 Å². The number of anilines is 2. The van der Waals surface area contributed by atoms with Gasteiger partial charge in [0.15, 0.2) is 5.78 Å². The van der Waals surface area contributed by atoms with Crippen LogP contribution in [0.25, 0.3) is 0 Å². The number of carbonyl (C=O) groups is 2. The summed E-state index contributed by atoms with van der Waals surface area (Å²) in [5.74, 6) is 0.723. The molecular formula is C22H26N4O2. The number of piperazine rings is 1. The predicted molar refractivity (Wildman–Crippen MR) is 110 cm³/mol. The average molecular weight is 378 g/mol. The van der Waals surface area contributed by atoms with Gasteiger partial charge in [0.25, 0.3) is 0 Å². The third-order valence-electron chi connectivity index (χ3n) is 5.88. The highest BCUT2D eigenvalue weighted by Gasteiger charge is 2.43. The van der Waals surface area contributed by atoms with E-state index in [9.17, 15) is 9.59 Å². The molecule has 0 N–H and O–H groups in total. The van der Waals surface area contributed by atoms with Crippen LogP contribution in [0.1, 0.15) is 29.8 Å². The van der Waals surface area contributed by atoms with E-state index in [4.69, 9.17) is 0 Å². The maximum Gasteiger partial charge on any atom is 0.238 e. The molecule has 1 saturated heterocycles. The first kappa shape index (κ1) is 18.6. The van der Waals surface area contributed by atoms with Crippen molar-refractivity contribution < 1.29 is 9.59 Å². The molecule has 0 aliphatic carbocycles. The van der Waals surface area contributed by atoms with Crippen LogP contribution in [-0.4, -0.2) is 61.3 Å². The molecule has 0 atom stereocenters. The van der Waals surface area contributed by atoms with E-state index in [1.54, 1.807) is 18.1 Å². The molecule has 1 aromatic heterocycles. The number of para-hydroxylation sites is 1. The number of benzene rings is 1. The van der Waals surface area contributed by atoms with Crippen molar-refractivity contribution in [3.05, 3.63) is 53.7 Å². The standard InChI is InChI=1S/C22H26N4O2/c1-22(2)18-13-16(14-23-20(18)24(3)21(22)28)19(27)15-25-9-11-26(12-10-25)17-7-5-4-6-8-17/h4-8,13-14H,9-12,15H2,1-3H3. The lowest BCUT2D eigenvalue weighted by molar-refractivity contribution is -0.121. The molecule has 28 heavy (non-hydrogen) atoms. The molecule has 2 aliphatic heterocycles. The molecule has 2 aromatic rings. The Morgan fingerprint density at radius 2 is 1.79 bits per heavy atom. The molecule has 0 bridgehead atoms. The van der Waals surface area contributed by atoms with Crippen LogP contribution in [-0.2, 0) is 10.2 Å².